The number of hydrogen-bond donors (Lipinski definition) is 1. The fourth-order valence-corrected chi connectivity index (χ4v) is 3.44. The van der Waals surface area contributed by atoms with Crippen molar-refractivity contribution in [2.24, 2.45) is 5.73 Å². The van der Waals surface area contributed by atoms with Crippen LogP contribution >= 0.6 is 27.3 Å². The largest absolute Gasteiger partial charge is 0.496 e. The molecule has 1 atom stereocenters. The van der Waals surface area contributed by atoms with Gasteiger partial charge in [-0.15, -0.1) is 0 Å². The van der Waals surface area contributed by atoms with Gasteiger partial charge >= 0.3 is 0 Å². The van der Waals surface area contributed by atoms with Crippen LogP contribution in [0.3, 0.4) is 0 Å². The molecule has 0 amide bonds. The van der Waals surface area contributed by atoms with Gasteiger partial charge < -0.3 is 15.2 Å². The Bertz CT molecular complexity index is 519. The Morgan fingerprint density at radius 3 is 2.22 bits per heavy atom. The highest BCUT2D eigenvalue weighted by Gasteiger charge is 2.21. The van der Waals surface area contributed by atoms with Gasteiger partial charge in [0.2, 0.25) is 0 Å². The highest BCUT2D eigenvalue weighted by Crippen LogP contribution is 2.39. The summed E-state index contributed by atoms with van der Waals surface area (Å²) in [5, 5.41) is 4.04. The Kier molecular flexibility index (Phi) is 4.27. The van der Waals surface area contributed by atoms with Gasteiger partial charge in [0.15, 0.2) is 0 Å². The molecule has 1 aromatic heterocycles. The van der Waals surface area contributed by atoms with Crippen molar-refractivity contribution < 1.29 is 9.47 Å². The van der Waals surface area contributed by atoms with Gasteiger partial charge in [-0.05, 0) is 39.0 Å². The Balaban J connectivity index is 2.52. The van der Waals surface area contributed by atoms with Crippen LogP contribution < -0.4 is 15.2 Å². The van der Waals surface area contributed by atoms with Crippen molar-refractivity contribution in [1.82, 2.24) is 0 Å². The van der Waals surface area contributed by atoms with Crippen LogP contribution in [-0.4, -0.2) is 14.2 Å². The Morgan fingerprint density at radius 1 is 1.17 bits per heavy atom. The third kappa shape index (κ3) is 2.39. The molecule has 0 aliphatic rings. The van der Waals surface area contributed by atoms with Crippen LogP contribution in [0.15, 0.2) is 33.4 Å². The lowest BCUT2D eigenvalue weighted by atomic mass is 10.00. The van der Waals surface area contributed by atoms with Crippen LogP contribution in [0.25, 0.3) is 0 Å². The van der Waals surface area contributed by atoms with Crippen LogP contribution in [0.1, 0.15) is 17.2 Å². The van der Waals surface area contributed by atoms with E-state index in [9.17, 15) is 0 Å². The van der Waals surface area contributed by atoms with Gasteiger partial charge in [-0.3, -0.25) is 0 Å². The minimum absolute atomic E-state index is 0.281. The smallest absolute Gasteiger partial charge is 0.127 e. The predicted octanol–water partition coefficient (Wildman–Crippen LogP) is 3.58. The number of ether oxygens (including phenoxy) is 2. The Hall–Kier alpha value is -1.04. The van der Waals surface area contributed by atoms with Crippen LogP contribution in [0.2, 0.25) is 0 Å². The van der Waals surface area contributed by atoms with Crippen molar-refractivity contribution in [2.75, 3.05) is 14.2 Å². The molecule has 18 heavy (non-hydrogen) atoms. The minimum Gasteiger partial charge on any atom is -0.496 e. The number of halogens is 1. The fourth-order valence-electron chi connectivity index (χ4n) is 1.86. The molecule has 3 nitrogen and oxygen atoms in total. The molecular weight excluding hydrogens is 314 g/mol. The SMILES string of the molecule is COc1cccc(OC)c1C(N)c1cscc1Br. The number of methoxy groups -OCH3 is 2. The third-order valence-electron chi connectivity index (χ3n) is 2.75. The maximum atomic E-state index is 6.33. The quantitative estimate of drug-likeness (QED) is 0.933. The topological polar surface area (TPSA) is 44.5 Å². The molecule has 2 rings (SSSR count). The lowest BCUT2D eigenvalue weighted by molar-refractivity contribution is 0.382. The van der Waals surface area contributed by atoms with E-state index in [1.54, 1.807) is 25.6 Å². The van der Waals surface area contributed by atoms with Gasteiger partial charge in [-0.25, -0.2) is 0 Å². The summed E-state index contributed by atoms with van der Waals surface area (Å²) in [6, 6.07) is 5.38. The molecule has 1 heterocycles. The molecule has 0 bridgehead atoms. The molecule has 2 N–H and O–H groups in total. The zero-order chi connectivity index (χ0) is 13.1. The predicted molar refractivity (Wildman–Crippen MR) is 77.6 cm³/mol. The van der Waals surface area contributed by atoms with Crippen molar-refractivity contribution in [1.29, 1.82) is 0 Å². The van der Waals surface area contributed by atoms with E-state index in [1.165, 1.54) is 0 Å². The van der Waals surface area contributed by atoms with Gasteiger partial charge in [-0.2, -0.15) is 11.3 Å². The van der Waals surface area contributed by atoms with Gasteiger partial charge in [-0.1, -0.05) is 6.07 Å². The molecule has 0 saturated heterocycles. The maximum Gasteiger partial charge on any atom is 0.127 e. The van der Waals surface area contributed by atoms with Crippen molar-refractivity contribution in [2.45, 2.75) is 6.04 Å². The number of rotatable bonds is 4. The fraction of sp³-hybridized carbons (Fsp3) is 0.231. The summed E-state index contributed by atoms with van der Waals surface area (Å²) in [7, 11) is 3.27. The Labute approximate surface area is 119 Å². The van der Waals surface area contributed by atoms with E-state index in [1.807, 2.05) is 29.0 Å². The highest BCUT2D eigenvalue weighted by atomic mass is 79.9. The first kappa shape index (κ1) is 13.4. The van der Waals surface area contributed by atoms with Crippen molar-refractivity contribution in [3.63, 3.8) is 0 Å². The summed E-state index contributed by atoms with van der Waals surface area (Å²) in [5.41, 5.74) is 8.22. The number of hydrogen-bond acceptors (Lipinski definition) is 4. The van der Waals surface area contributed by atoms with Crippen LogP contribution in [0.4, 0.5) is 0 Å². The van der Waals surface area contributed by atoms with Gasteiger partial charge in [0.05, 0.1) is 25.8 Å². The zero-order valence-electron chi connectivity index (χ0n) is 10.1. The first-order chi connectivity index (χ1) is 8.69. The normalized spacial score (nSPS) is 12.2. The van der Waals surface area contributed by atoms with E-state index in [4.69, 9.17) is 15.2 Å². The first-order valence-corrected chi connectivity index (χ1v) is 7.10. The van der Waals surface area contributed by atoms with Gasteiger partial charge in [0, 0.05) is 9.85 Å². The van der Waals surface area contributed by atoms with Crippen molar-refractivity contribution >= 4 is 27.3 Å². The molecule has 96 valence electrons. The molecule has 0 spiro atoms. The van der Waals surface area contributed by atoms with E-state index in [0.29, 0.717) is 0 Å². The number of nitrogens with two attached hydrogens (primary N) is 1. The number of thiophene rings is 1. The third-order valence-corrected chi connectivity index (χ3v) is 4.51. The van der Waals surface area contributed by atoms with E-state index in [2.05, 4.69) is 15.9 Å². The van der Waals surface area contributed by atoms with Crippen LogP contribution in [0, 0.1) is 0 Å². The average Bonchev–Trinajstić information content (AvgIpc) is 2.83. The van der Waals surface area contributed by atoms with Crippen LogP contribution in [0.5, 0.6) is 11.5 Å². The molecule has 0 aliphatic carbocycles. The summed E-state index contributed by atoms with van der Waals surface area (Å²) in [6.45, 7) is 0. The van der Waals surface area contributed by atoms with E-state index in [-0.39, 0.29) is 6.04 Å². The molecule has 5 heteroatoms. The molecule has 0 fully saturated rings. The Morgan fingerprint density at radius 2 is 1.78 bits per heavy atom. The molecule has 0 aliphatic heterocycles. The average molecular weight is 328 g/mol. The van der Waals surface area contributed by atoms with E-state index >= 15 is 0 Å². The lowest BCUT2D eigenvalue weighted by Crippen LogP contribution is -2.14. The monoisotopic (exact) mass is 327 g/mol. The summed E-state index contributed by atoms with van der Waals surface area (Å²) < 4.78 is 11.8. The van der Waals surface area contributed by atoms with Gasteiger partial charge in [0.25, 0.3) is 0 Å². The maximum absolute atomic E-state index is 6.33. The lowest BCUT2D eigenvalue weighted by Gasteiger charge is -2.18. The van der Waals surface area contributed by atoms with E-state index < -0.39 is 0 Å². The second-order valence-corrected chi connectivity index (χ2v) is 5.33. The second kappa shape index (κ2) is 5.73. The van der Waals surface area contributed by atoms with Gasteiger partial charge in [0.1, 0.15) is 11.5 Å². The van der Waals surface area contributed by atoms with Crippen molar-refractivity contribution in [3.8, 4) is 11.5 Å². The first-order valence-electron chi connectivity index (χ1n) is 5.37. The summed E-state index contributed by atoms with van der Waals surface area (Å²) in [6.07, 6.45) is 0. The standard InChI is InChI=1S/C13H14BrNO2S/c1-16-10-4-3-5-11(17-2)12(10)13(15)8-6-18-7-9(8)14/h3-7,13H,15H2,1-2H3. The summed E-state index contributed by atoms with van der Waals surface area (Å²) >= 11 is 5.11. The second-order valence-electron chi connectivity index (χ2n) is 3.73. The molecular formula is C13H14BrNO2S. The molecule has 1 aromatic carbocycles. The summed E-state index contributed by atoms with van der Waals surface area (Å²) in [5.74, 6) is 1.47. The number of benzene rings is 1. The zero-order valence-corrected chi connectivity index (χ0v) is 12.5. The molecule has 0 saturated carbocycles. The summed E-state index contributed by atoms with van der Waals surface area (Å²) in [4.78, 5) is 0. The highest BCUT2D eigenvalue weighted by molar-refractivity contribution is 9.10. The molecule has 1 unspecified atom stereocenters. The van der Waals surface area contributed by atoms with Crippen LogP contribution in [-0.2, 0) is 0 Å². The minimum atomic E-state index is -0.281. The van der Waals surface area contributed by atoms with Crippen molar-refractivity contribution in [3.05, 3.63) is 44.6 Å². The molecule has 2 aromatic rings. The molecule has 0 radical (unpaired) electrons. The van der Waals surface area contributed by atoms with E-state index in [0.717, 1.165) is 27.1 Å².